The van der Waals surface area contributed by atoms with E-state index in [1.54, 1.807) is 12.1 Å². The van der Waals surface area contributed by atoms with E-state index in [-0.39, 0.29) is 18.2 Å². The molecule has 1 N–H and O–H groups in total. The van der Waals surface area contributed by atoms with Gasteiger partial charge in [0.1, 0.15) is 9.84 Å². The predicted octanol–water partition coefficient (Wildman–Crippen LogP) is 1.55. The smallest absolute Gasteiger partial charge is 0.251 e. The number of aromatic nitrogens is 2. The highest BCUT2D eigenvalue weighted by Crippen LogP contribution is 2.21. The van der Waals surface area contributed by atoms with Crippen molar-refractivity contribution in [2.24, 2.45) is 0 Å². The van der Waals surface area contributed by atoms with Crippen LogP contribution in [-0.2, 0) is 16.3 Å². The predicted molar refractivity (Wildman–Crippen MR) is 103 cm³/mol. The molecule has 8 heteroatoms. The van der Waals surface area contributed by atoms with Crippen LogP contribution in [0.5, 0.6) is 0 Å². The number of rotatable bonds is 7. The van der Waals surface area contributed by atoms with Gasteiger partial charge in [0.15, 0.2) is 0 Å². The SMILES string of the molecule is CCc1cc(-c2ccc(C(=O)NCCS(C)(=O)=O)cc2)nc(N(C)C)n1. The molecule has 0 aliphatic heterocycles. The van der Waals surface area contributed by atoms with Crippen LogP contribution in [-0.4, -0.2) is 56.9 Å². The zero-order chi connectivity index (χ0) is 19.3. The highest BCUT2D eigenvalue weighted by Gasteiger charge is 2.10. The lowest BCUT2D eigenvalue weighted by Gasteiger charge is -2.13. The first-order valence-electron chi connectivity index (χ1n) is 8.31. The van der Waals surface area contributed by atoms with E-state index in [4.69, 9.17) is 0 Å². The molecule has 140 valence electrons. The summed E-state index contributed by atoms with van der Waals surface area (Å²) in [6.45, 7) is 2.13. The van der Waals surface area contributed by atoms with Crippen LogP contribution in [0.3, 0.4) is 0 Å². The number of nitrogens with one attached hydrogen (secondary N) is 1. The van der Waals surface area contributed by atoms with E-state index in [0.717, 1.165) is 29.6 Å². The minimum absolute atomic E-state index is 0.0785. The number of benzene rings is 1. The van der Waals surface area contributed by atoms with Crippen molar-refractivity contribution in [3.63, 3.8) is 0 Å². The highest BCUT2D eigenvalue weighted by atomic mass is 32.2. The Morgan fingerprint density at radius 2 is 1.81 bits per heavy atom. The van der Waals surface area contributed by atoms with E-state index >= 15 is 0 Å². The molecule has 1 amide bonds. The van der Waals surface area contributed by atoms with Crippen molar-refractivity contribution in [3.05, 3.63) is 41.6 Å². The first kappa shape index (κ1) is 19.8. The Morgan fingerprint density at radius 3 is 2.35 bits per heavy atom. The van der Waals surface area contributed by atoms with E-state index in [2.05, 4.69) is 15.3 Å². The summed E-state index contributed by atoms with van der Waals surface area (Å²) in [5.41, 5.74) is 3.10. The summed E-state index contributed by atoms with van der Waals surface area (Å²) >= 11 is 0. The van der Waals surface area contributed by atoms with Gasteiger partial charge in [-0.2, -0.15) is 0 Å². The van der Waals surface area contributed by atoms with Gasteiger partial charge < -0.3 is 10.2 Å². The van der Waals surface area contributed by atoms with Gasteiger partial charge in [-0.05, 0) is 24.6 Å². The van der Waals surface area contributed by atoms with Crippen LogP contribution in [0, 0.1) is 0 Å². The maximum absolute atomic E-state index is 12.1. The summed E-state index contributed by atoms with van der Waals surface area (Å²) in [6.07, 6.45) is 1.94. The molecular formula is C18H24N4O3S. The molecule has 0 atom stereocenters. The standard InChI is InChI=1S/C18H24N4O3S/c1-5-15-12-16(21-18(20-15)22(2)3)13-6-8-14(9-7-13)17(23)19-10-11-26(4,24)25/h6-9,12H,5,10-11H2,1-4H3,(H,19,23). The highest BCUT2D eigenvalue weighted by molar-refractivity contribution is 7.90. The second-order valence-electron chi connectivity index (χ2n) is 6.26. The van der Waals surface area contributed by atoms with Gasteiger partial charge in [-0.3, -0.25) is 4.79 Å². The average molecular weight is 376 g/mol. The fraction of sp³-hybridized carbons (Fsp3) is 0.389. The number of carbonyl (C=O) groups excluding carboxylic acids is 1. The van der Waals surface area contributed by atoms with Gasteiger partial charge in [-0.1, -0.05) is 19.1 Å². The third kappa shape index (κ3) is 5.52. The Morgan fingerprint density at radius 1 is 1.15 bits per heavy atom. The Labute approximate surface area is 154 Å². The van der Waals surface area contributed by atoms with Crippen molar-refractivity contribution in [1.29, 1.82) is 0 Å². The minimum atomic E-state index is -3.10. The van der Waals surface area contributed by atoms with Crippen LogP contribution in [0.1, 0.15) is 23.0 Å². The van der Waals surface area contributed by atoms with Crippen molar-refractivity contribution in [2.45, 2.75) is 13.3 Å². The molecule has 0 aliphatic rings. The second-order valence-corrected chi connectivity index (χ2v) is 8.52. The van der Waals surface area contributed by atoms with E-state index in [1.165, 1.54) is 0 Å². The summed E-state index contributed by atoms with van der Waals surface area (Å²) in [4.78, 5) is 23.0. The lowest BCUT2D eigenvalue weighted by Crippen LogP contribution is -2.28. The first-order valence-corrected chi connectivity index (χ1v) is 10.4. The molecule has 1 aromatic heterocycles. The number of anilines is 1. The van der Waals surface area contributed by atoms with Crippen LogP contribution in [0.15, 0.2) is 30.3 Å². The van der Waals surface area contributed by atoms with Crippen LogP contribution in [0.4, 0.5) is 5.95 Å². The number of hydrogen-bond acceptors (Lipinski definition) is 6. The van der Waals surface area contributed by atoms with Gasteiger partial charge in [-0.15, -0.1) is 0 Å². The topological polar surface area (TPSA) is 92.3 Å². The Bertz CT molecular complexity index is 878. The second kappa shape index (κ2) is 8.27. The van der Waals surface area contributed by atoms with Gasteiger partial charge in [0.2, 0.25) is 5.95 Å². The van der Waals surface area contributed by atoms with Gasteiger partial charge in [-0.25, -0.2) is 18.4 Å². The molecule has 2 rings (SSSR count). The fourth-order valence-electron chi connectivity index (χ4n) is 2.26. The first-order chi connectivity index (χ1) is 12.2. The minimum Gasteiger partial charge on any atom is -0.351 e. The molecule has 0 fully saturated rings. The Balaban J connectivity index is 2.16. The zero-order valence-electron chi connectivity index (χ0n) is 15.5. The van der Waals surface area contributed by atoms with Crippen LogP contribution >= 0.6 is 0 Å². The third-order valence-corrected chi connectivity index (χ3v) is 4.68. The lowest BCUT2D eigenvalue weighted by molar-refractivity contribution is 0.0956. The van der Waals surface area contributed by atoms with Crippen molar-refractivity contribution >= 4 is 21.7 Å². The van der Waals surface area contributed by atoms with Crippen molar-refractivity contribution in [3.8, 4) is 11.3 Å². The molecule has 0 aliphatic carbocycles. The monoisotopic (exact) mass is 376 g/mol. The summed E-state index contributed by atoms with van der Waals surface area (Å²) in [6, 6.07) is 9.00. The normalized spacial score (nSPS) is 11.2. The van der Waals surface area contributed by atoms with Crippen LogP contribution < -0.4 is 10.2 Å². The largest absolute Gasteiger partial charge is 0.351 e. The van der Waals surface area contributed by atoms with E-state index < -0.39 is 9.84 Å². The lowest BCUT2D eigenvalue weighted by atomic mass is 10.1. The summed E-state index contributed by atoms with van der Waals surface area (Å²) < 4.78 is 22.2. The average Bonchev–Trinajstić information content (AvgIpc) is 2.60. The Hall–Kier alpha value is -2.48. The van der Waals surface area contributed by atoms with Gasteiger partial charge in [0.25, 0.3) is 5.91 Å². The van der Waals surface area contributed by atoms with Gasteiger partial charge >= 0.3 is 0 Å². The molecule has 2 aromatic rings. The van der Waals surface area contributed by atoms with Gasteiger partial charge in [0.05, 0.1) is 11.4 Å². The number of amides is 1. The molecule has 1 heterocycles. The third-order valence-electron chi connectivity index (χ3n) is 3.73. The molecular weight excluding hydrogens is 352 g/mol. The maximum Gasteiger partial charge on any atom is 0.251 e. The quantitative estimate of drug-likeness (QED) is 0.788. The molecule has 0 unspecified atom stereocenters. The molecule has 0 saturated heterocycles. The summed E-state index contributed by atoms with van der Waals surface area (Å²) in [5.74, 6) is 0.262. The summed E-state index contributed by atoms with van der Waals surface area (Å²) in [5, 5.41) is 2.61. The number of hydrogen-bond donors (Lipinski definition) is 1. The number of carbonyl (C=O) groups is 1. The van der Waals surface area contributed by atoms with E-state index in [0.29, 0.717) is 11.5 Å². The van der Waals surface area contributed by atoms with E-state index in [9.17, 15) is 13.2 Å². The zero-order valence-corrected chi connectivity index (χ0v) is 16.3. The molecule has 26 heavy (non-hydrogen) atoms. The van der Waals surface area contributed by atoms with Crippen molar-refractivity contribution in [1.82, 2.24) is 15.3 Å². The van der Waals surface area contributed by atoms with Crippen LogP contribution in [0.2, 0.25) is 0 Å². The number of nitrogens with zero attached hydrogens (tertiary/aromatic N) is 3. The Kier molecular flexibility index (Phi) is 6.31. The van der Waals surface area contributed by atoms with Crippen molar-refractivity contribution < 1.29 is 13.2 Å². The maximum atomic E-state index is 12.1. The molecule has 0 saturated carbocycles. The molecule has 0 radical (unpaired) electrons. The fourth-order valence-corrected chi connectivity index (χ4v) is 2.73. The molecule has 0 bridgehead atoms. The van der Waals surface area contributed by atoms with E-state index in [1.807, 2.05) is 44.1 Å². The molecule has 0 spiro atoms. The molecule has 1 aromatic carbocycles. The number of sulfone groups is 1. The summed E-state index contributed by atoms with van der Waals surface area (Å²) in [7, 11) is 0.687. The number of aryl methyl sites for hydroxylation is 1. The van der Waals surface area contributed by atoms with Crippen molar-refractivity contribution in [2.75, 3.05) is 37.5 Å². The molecule has 7 nitrogen and oxygen atoms in total. The van der Waals surface area contributed by atoms with Gasteiger partial charge in [0, 0.05) is 43.7 Å². The van der Waals surface area contributed by atoms with Crippen LogP contribution in [0.25, 0.3) is 11.3 Å².